The molecule has 2 N–H and O–H groups in total. The number of rotatable bonds is 7. The normalized spacial score (nSPS) is 16.2. The number of carbonyl (C=O) groups is 2. The Balaban J connectivity index is 1.26. The standard InChI is InChI=1S/C25H30N8O2S/c1-15(2)32-6-5-17(12-32)7-23(34)29-19-8-21(16(3)26-10-19)30-24(35)20-11-28-33-14-22(36-25(20)33)18-9-27-31(4)13-18/h8-11,13-15,17H,5-7,12H2,1-4H3,(H,29,34)(H,30,35)/t17-/m1/s1. The third-order valence-electron chi connectivity index (χ3n) is 6.57. The summed E-state index contributed by atoms with van der Waals surface area (Å²) < 4.78 is 3.44. The average Bonchev–Trinajstić information content (AvgIpc) is 3.60. The van der Waals surface area contributed by atoms with Crippen molar-refractivity contribution in [1.29, 1.82) is 0 Å². The zero-order valence-corrected chi connectivity index (χ0v) is 21.7. The summed E-state index contributed by atoms with van der Waals surface area (Å²) in [6.45, 7) is 8.17. The van der Waals surface area contributed by atoms with Crippen molar-refractivity contribution in [3.05, 3.63) is 48.3 Å². The van der Waals surface area contributed by atoms with Crippen molar-refractivity contribution in [1.82, 2.24) is 29.3 Å². The van der Waals surface area contributed by atoms with E-state index in [0.29, 0.717) is 41.0 Å². The van der Waals surface area contributed by atoms with Gasteiger partial charge in [-0.1, -0.05) is 0 Å². The highest BCUT2D eigenvalue weighted by Crippen LogP contribution is 2.31. The third kappa shape index (κ3) is 5.02. The highest BCUT2D eigenvalue weighted by molar-refractivity contribution is 7.21. The number of thiazole rings is 1. The first kappa shape index (κ1) is 24.1. The lowest BCUT2D eigenvalue weighted by molar-refractivity contribution is -0.117. The number of nitrogens with zero attached hydrogens (tertiary/aromatic N) is 6. The van der Waals surface area contributed by atoms with Gasteiger partial charge < -0.3 is 15.5 Å². The van der Waals surface area contributed by atoms with Gasteiger partial charge in [-0.15, -0.1) is 11.3 Å². The van der Waals surface area contributed by atoms with Crippen LogP contribution in [-0.2, 0) is 11.8 Å². The van der Waals surface area contributed by atoms with Gasteiger partial charge in [-0.25, -0.2) is 4.52 Å². The Morgan fingerprint density at radius 1 is 1.17 bits per heavy atom. The van der Waals surface area contributed by atoms with E-state index in [4.69, 9.17) is 0 Å². The van der Waals surface area contributed by atoms with Gasteiger partial charge in [0.2, 0.25) is 5.91 Å². The van der Waals surface area contributed by atoms with Gasteiger partial charge >= 0.3 is 0 Å². The van der Waals surface area contributed by atoms with Crippen molar-refractivity contribution >= 4 is 39.4 Å². The second kappa shape index (κ2) is 9.82. The van der Waals surface area contributed by atoms with Crippen molar-refractivity contribution in [3.63, 3.8) is 0 Å². The summed E-state index contributed by atoms with van der Waals surface area (Å²) in [7, 11) is 1.86. The number of hydrogen-bond acceptors (Lipinski definition) is 7. The van der Waals surface area contributed by atoms with E-state index in [2.05, 4.69) is 44.6 Å². The summed E-state index contributed by atoms with van der Waals surface area (Å²) in [4.78, 5) is 34.3. The Morgan fingerprint density at radius 2 is 2.00 bits per heavy atom. The predicted octanol–water partition coefficient (Wildman–Crippen LogP) is 3.81. The molecular formula is C25H30N8O2S. The van der Waals surface area contributed by atoms with Crippen LogP contribution in [0.1, 0.15) is 42.7 Å². The van der Waals surface area contributed by atoms with Crippen molar-refractivity contribution in [2.45, 2.75) is 39.7 Å². The lowest BCUT2D eigenvalue weighted by Crippen LogP contribution is -2.28. The summed E-state index contributed by atoms with van der Waals surface area (Å²) in [5.74, 6) is 0.0446. The molecule has 1 atom stereocenters. The molecule has 0 spiro atoms. The van der Waals surface area contributed by atoms with E-state index in [9.17, 15) is 9.59 Å². The van der Waals surface area contributed by atoms with Gasteiger partial charge in [-0.3, -0.25) is 19.3 Å². The second-order valence-electron chi connectivity index (χ2n) is 9.61. The van der Waals surface area contributed by atoms with E-state index in [-0.39, 0.29) is 11.8 Å². The van der Waals surface area contributed by atoms with Gasteiger partial charge in [0.15, 0.2) is 0 Å². The molecule has 188 valence electrons. The van der Waals surface area contributed by atoms with Crippen LogP contribution in [-0.4, -0.2) is 60.2 Å². The van der Waals surface area contributed by atoms with Gasteiger partial charge in [0.25, 0.3) is 5.91 Å². The Bertz CT molecular complexity index is 1420. The molecule has 5 heterocycles. The number of carbonyl (C=O) groups excluding carboxylic acids is 2. The summed E-state index contributed by atoms with van der Waals surface area (Å²) >= 11 is 1.48. The molecule has 5 rings (SSSR count). The van der Waals surface area contributed by atoms with E-state index in [1.165, 1.54) is 11.3 Å². The van der Waals surface area contributed by atoms with Crippen LogP contribution in [0.5, 0.6) is 0 Å². The average molecular weight is 507 g/mol. The van der Waals surface area contributed by atoms with Crippen LogP contribution in [0.4, 0.5) is 11.4 Å². The fourth-order valence-corrected chi connectivity index (χ4v) is 5.55. The molecule has 0 saturated carbocycles. The molecule has 4 aromatic rings. The maximum atomic E-state index is 13.1. The van der Waals surface area contributed by atoms with Crippen LogP contribution >= 0.6 is 11.3 Å². The molecule has 0 aliphatic carbocycles. The zero-order valence-electron chi connectivity index (χ0n) is 20.9. The molecule has 1 aliphatic heterocycles. The minimum absolute atomic E-state index is 0.0339. The molecule has 10 nitrogen and oxygen atoms in total. The van der Waals surface area contributed by atoms with Crippen molar-refractivity contribution in [2.24, 2.45) is 13.0 Å². The molecule has 0 radical (unpaired) electrons. The molecule has 4 aromatic heterocycles. The highest BCUT2D eigenvalue weighted by Gasteiger charge is 2.26. The first-order valence-corrected chi connectivity index (χ1v) is 12.9. The van der Waals surface area contributed by atoms with Gasteiger partial charge in [0.1, 0.15) is 4.83 Å². The molecule has 2 amide bonds. The number of aryl methyl sites for hydroxylation is 2. The summed E-state index contributed by atoms with van der Waals surface area (Å²) in [6.07, 6.45) is 10.3. The second-order valence-corrected chi connectivity index (χ2v) is 10.6. The monoisotopic (exact) mass is 506 g/mol. The molecule has 36 heavy (non-hydrogen) atoms. The fourth-order valence-electron chi connectivity index (χ4n) is 4.51. The number of pyridine rings is 1. The van der Waals surface area contributed by atoms with Gasteiger partial charge in [-0.2, -0.15) is 10.2 Å². The van der Waals surface area contributed by atoms with E-state index in [1.807, 2.05) is 26.4 Å². The third-order valence-corrected chi connectivity index (χ3v) is 7.73. The van der Waals surface area contributed by atoms with Crippen molar-refractivity contribution in [3.8, 4) is 10.4 Å². The largest absolute Gasteiger partial charge is 0.325 e. The van der Waals surface area contributed by atoms with Crippen LogP contribution in [0.25, 0.3) is 15.3 Å². The maximum Gasteiger partial charge on any atom is 0.260 e. The van der Waals surface area contributed by atoms with E-state index >= 15 is 0 Å². The Morgan fingerprint density at radius 3 is 2.72 bits per heavy atom. The Kier molecular flexibility index (Phi) is 6.59. The van der Waals surface area contributed by atoms with Crippen LogP contribution in [0, 0.1) is 12.8 Å². The lowest BCUT2D eigenvalue weighted by atomic mass is 10.0. The topological polar surface area (TPSA) is 109 Å². The number of hydrogen-bond donors (Lipinski definition) is 2. The first-order chi connectivity index (χ1) is 17.3. The molecular weight excluding hydrogens is 476 g/mol. The number of likely N-dealkylation sites (tertiary alicyclic amines) is 1. The molecule has 0 unspecified atom stereocenters. The van der Waals surface area contributed by atoms with E-state index in [1.54, 1.807) is 33.9 Å². The SMILES string of the molecule is Cc1ncc(NC(=O)C[C@H]2CCN(C(C)C)C2)cc1NC(=O)c1cnn2cc(-c3cnn(C)c3)sc12. The number of aromatic nitrogens is 5. The molecule has 1 saturated heterocycles. The number of amides is 2. The zero-order chi connectivity index (χ0) is 25.4. The van der Waals surface area contributed by atoms with Crippen LogP contribution in [0.3, 0.4) is 0 Å². The number of nitrogens with one attached hydrogen (secondary N) is 2. The molecule has 1 aliphatic rings. The number of fused-ring (bicyclic) bond motifs is 1. The van der Waals surface area contributed by atoms with Crippen LogP contribution in [0.15, 0.2) is 37.1 Å². The van der Waals surface area contributed by atoms with E-state index < -0.39 is 0 Å². The summed E-state index contributed by atoms with van der Waals surface area (Å²) in [6, 6.07) is 2.25. The smallest absolute Gasteiger partial charge is 0.260 e. The van der Waals surface area contributed by atoms with Gasteiger partial charge in [-0.05, 0) is 45.7 Å². The maximum absolute atomic E-state index is 13.1. The van der Waals surface area contributed by atoms with Crippen LogP contribution < -0.4 is 10.6 Å². The minimum atomic E-state index is -0.280. The van der Waals surface area contributed by atoms with Crippen LogP contribution in [0.2, 0.25) is 0 Å². The Labute approximate surface area is 213 Å². The molecule has 11 heteroatoms. The number of anilines is 2. The molecule has 0 aromatic carbocycles. The van der Waals surface area contributed by atoms with E-state index in [0.717, 1.165) is 34.8 Å². The minimum Gasteiger partial charge on any atom is -0.325 e. The highest BCUT2D eigenvalue weighted by atomic mass is 32.1. The van der Waals surface area contributed by atoms with Crippen molar-refractivity contribution in [2.75, 3.05) is 23.7 Å². The lowest BCUT2D eigenvalue weighted by Gasteiger charge is -2.20. The first-order valence-electron chi connectivity index (χ1n) is 12.0. The van der Waals surface area contributed by atoms with Gasteiger partial charge in [0, 0.05) is 44.0 Å². The summed E-state index contributed by atoms with van der Waals surface area (Å²) in [5, 5.41) is 14.4. The summed E-state index contributed by atoms with van der Waals surface area (Å²) in [5.41, 5.74) is 3.22. The Hall–Kier alpha value is -3.57. The molecule has 0 bridgehead atoms. The van der Waals surface area contributed by atoms with Crippen molar-refractivity contribution < 1.29 is 9.59 Å². The fraction of sp³-hybridized carbons (Fsp3) is 0.400. The predicted molar refractivity (Wildman–Crippen MR) is 140 cm³/mol. The van der Waals surface area contributed by atoms with Gasteiger partial charge in [0.05, 0.1) is 46.1 Å². The molecule has 1 fully saturated rings. The quantitative estimate of drug-likeness (QED) is 0.395.